The van der Waals surface area contributed by atoms with Crippen molar-refractivity contribution in [3.8, 4) is 11.1 Å². The smallest absolute Gasteiger partial charge is 0.0950 e. The monoisotopic (exact) mass is 290 g/mol. The molecule has 0 fully saturated rings. The van der Waals surface area contributed by atoms with Gasteiger partial charge in [-0.2, -0.15) is 0 Å². The van der Waals surface area contributed by atoms with Crippen LogP contribution in [-0.4, -0.2) is 7.85 Å². The van der Waals surface area contributed by atoms with Gasteiger partial charge in [0.15, 0.2) is 0 Å². The zero-order valence-corrected chi connectivity index (χ0v) is 9.73. The summed E-state index contributed by atoms with van der Waals surface area (Å²) in [5.74, 6) is 0. The van der Waals surface area contributed by atoms with Gasteiger partial charge < -0.3 is 0 Å². The fourth-order valence-corrected chi connectivity index (χ4v) is 2.10. The van der Waals surface area contributed by atoms with Gasteiger partial charge in [0.1, 0.15) is 7.85 Å². The highest BCUT2D eigenvalue weighted by Crippen LogP contribution is 2.19. The van der Waals surface area contributed by atoms with Gasteiger partial charge in [-0.05, 0) is 39.8 Å². The first-order valence-electron chi connectivity index (χ1n) is 4.37. The quantitative estimate of drug-likeness (QED) is 0.559. The van der Waals surface area contributed by atoms with Crippen molar-refractivity contribution < 1.29 is 0 Å². The van der Waals surface area contributed by atoms with Crippen molar-refractivity contribution in [1.82, 2.24) is 0 Å². The molecule has 2 radical (unpaired) electrons. The summed E-state index contributed by atoms with van der Waals surface area (Å²) in [5.41, 5.74) is 3.20. The first-order valence-corrected chi connectivity index (χ1v) is 5.45. The first-order chi connectivity index (χ1) is 6.75. The highest BCUT2D eigenvalue weighted by atomic mass is 127. The minimum Gasteiger partial charge on any atom is -0.0950 e. The van der Waals surface area contributed by atoms with Gasteiger partial charge in [-0.3, -0.25) is 0 Å². The Kier molecular flexibility index (Phi) is 2.92. The lowest BCUT2D eigenvalue weighted by Crippen LogP contribution is -2.02. The van der Waals surface area contributed by atoms with Crippen LogP contribution in [0.1, 0.15) is 0 Å². The molecule has 0 nitrogen and oxygen atoms in total. The largest absolute Gasteiger partial charge is 0.113 e. The molecular formula is C12H8BI. The van der Waals surface area contributed by atoms with Crippen LogP contribution < -0.4 is 5.46 Å². The lowest BCUT2D eigenvalue weighted by Gasteiger charge is -2.04. The van der Waals surface area contributed by atoms with Crippen molar-refractivity contribution in [2.75, 3.05) is 0 Å². The van der Waals surface area contributed by atoms with Gasteiger partial charge in [0.2, 0.25) is 0 Å². The van der Waals surface area contributed by atoms with E-state index in [4.69, 9.17) is 7.85 Å². The molecule has 2 aromatic carbocycles. The molecule has 0 bridgehead atoms. The predicted molar refractivity (Wildman–Crippen MR) is 70.0 cm³/mol. The summed E-state index contributed by atoms with van der Waals surface area (Å²) >= 11 is 2.28. The maximum absolute atomic E-state index is 5.79. The number of hydrogen-bond donors (Lipinski definition) is 0. The van der Waals surface area contributed by atoms with E-state index >= 15 is 0 Å². The van der Waals surface area contributed by atoms with Crippen molar-refractivity contribution in [2.45, 2.75) is 0 Å². The Morgan fingerprint density at radius 1 is 0.857 bits per heavy atom. The molecule has 0 aliphatic heterocycles. The third kappa shape index (κ3) is 2.18. The Morgan fingerprint density at radius 2 is 1.57 bits per heavy atom. The molecule has 2 heteroatoms. The number of rotatable bonds is 1. The van der Waals surface area contributed by atoms with Crippen LogP contribution in [0.25, 0.3) is 11.1 Å². The van der Waals surface area contributed by atoms with Crippen molar-refractivity contribution >= 4 is 35.9 Å². The molecule has 0 aromatic heterocycles. The Labute approximate surface area is 98.9 Å². The molecule has 0 amide bonds. The molecule has 0 spiro atoms. The van der Waals surface area contributed by atoms with E-state index in [1.807, 2.05) is 30.3 Å². The molecule has 0 aliphatic carbocycles. The van der Waals surface area contributed by atoms with Gasteiger partial charge in [0, 0.05) is 3.57 Å². The van der Waals surface area contributed by atoms with Crippen LogP contribution in [0, 0.1) is 3.57 Å². The Morgan fingerprint density at radius 3 is 2.21 bits per heavy atom. The summed E-state index contributed by atoms with van der Waals surface area (Å²) in [6, 6.07) is 16.4. The molecule has 0 aliphatic rings. The minimum atomic E-state index is 0.816. The normalized spacial score (nSPS) is 10.1. The van der Waals surface area contributed by atoms with E-state index in [-0.39, 0.29) is 0 Å². The SMILES string of the molecule is [B]c1cc(I)cc(-c2ccccc2)c1. The van der Waals surface area contributed by atoms with Gasteiger partial charge in [0.05, 0.1) is 0 Å². The number of benzene rings is 2. The van der Waals surface area contributed by atoms with Crippen LogP contribution in [0.5, 0.6) is 0 Å². The van der Waals surface area contributed by atoms with E-state index < -0.39 is 0 Å². The zero-order chi connectivity index (χ0) is 9.97. The lowest BCUT2D eigenvalue weighted by molar-refractivity contribution is 1.61. The summed E-state index contributed by atoms with van der Waals surface area (Å²) in [6.07, 6.45) is 0. The summed E-state index contributed by atoms with van der Waals surface area (Å²) in [4.78, 5) is 0. The summed E-state index contributed by atoms with van der Waals surface area (Å²) in [6.45, 7) is 0. The van der Waals surface area contributed by atoms with Gasteiger partial charge in [-0.15, -0.1) is 0 Å². The lowest BCUT2D eigenvalue weighted by atomic mass is 9.92. The molecule has 14 heavy (non-hydrogen) atoms. The van der Waals surface area contributed by atoms with E-state index in [0.29, 0.717) is 0 Å². The van der Waals surface area contributed by atoms with Crippen molar-refractivity contribution in [1.29, 1.82) is 0 Å². The van der Waals surface area contributed by atoms with Gasteiger partial charge in [-0.25, -0.2) is 0 Å². The molecule has 2 aromatic rings. The van der Waals surface area contributed by atoms with Crippen LogP contribution in [0.4, 0.5) is 0 Å². The second-order valence-corrected chi connectivity index (χ2v) is 4.38. The highest BCUT2D eigenvalue weighted by molar-refractivity contribution is 14.1. The maximum atomic E-state index is 5.79. The maximum Gasteiger partial charge on any atom is 0.113 e. The molecule has 66 valence electrons. The average Bonchev–Trinajstić information content (AvgIpc) is 2.18. The van der Waals surface area contributed by atoms with E-state index in [1.165, 1.54) is 14.7 Å². The average molecular weight is 290 g/mol. The molecular weight excluding hydrogens is 282 g/mol. The third-order valence-corrected chi connectivity index (χ3v) is 2.65. The summed E-state index contributed by atoms with van der Waals surface area (Å²) < 4.78 is 1.17. The zero-order valence-electron chi connectivity index (χ0n) is 7.57. The summed E-state index contributed by atoms with van der Waals surface area (Å²) in [7, 11) is 5.79. The van der Waals surface area contributed by atoms with Crippen molar-refractivity contribution in [2.24, 2.45) is 0 Å². The van der Waals surface area contributed by atoms with Gasteiger partial charge in [0.25, 0.3) is 0 Å². The molecule has 2 rings (SSSR count). The van der Waals surface area contributed by atoms with Crippen LogP contribution in [0.2, 0.25) is 0 Å². The molecule has 0 atom stereocenters. The molecule has 0 saturated carbocycles. The van der Waals surface area contributed by atoms with Gasteiger partial charge >= 0.3 is 0 Å². The fourth-order valence-electron chi connectivity index (χ4n) is 1.41. The molecule has 0 heterocycles. The van der Waals surface area contributed by atoms with E-state index in [1.54, 1.807) is 0 Å². The standard InChI is InChI=1S/C12H8BI/c13-11-6-10(7-12(14)8-11)9-4-2-1-3-5-9/h1-8H. The first kappa shape index (κ1) is 9.78. The van der Waals surface area contributed by atoms with Crippen molar-refractivity contribution in [3.63, 3.8) is 0 Å². The van der Waals surface area contributed by atoms with Gasteiger partial charge in [-0.1, -0.05) is 47.9 Å². The third-order valence-electron chi connectivity index (χ3n) is 2.03. The van der Waals surface area contributed by atoms with E-state index in [0.717, 1.165) is 5.46 Å². The van der Waals surface area contributed by atoms with E-state index in [2.05, 4.69) is 40.8 Å². The molecule has 0 N–H and O–H groups in total. The topological polar surface area (TPSA) is 0 Å². The van der Waals surface area contributed by atoms with E-state index in [9.17, 15) is 0 Å². The fraction of sp³-hybridized carbons (Fsp3) is 0. The number of halogens is 1. The Bertz CT molecular complexity index is 417. The number of hydrogen-bond acceptors (Lipinski definition) is 0. The Balaban J connectivity index is 2.52. The second-order valence-electron chi connectivity index (χ2n) is 3.14. The van der Waals surface area contributed by atoms with Crippen molar-refractivity contribution in [3.05, 3.63) is 52.1 Å². The van der Waals surface area contributed by atoms with Crippen LogP contribution in [0.15, 0.2) is 48.5 Å². The summed E-state index contributed by atoms with van der Waals surface area (Å²) in [5, 5.41) is 0. The van der Waals surface area contributed by atoms with Crippen LogP contribution in [0.3, 0.4) is 0 Å². The minimum absolute atomic E-state index is 0.816. The van der Waals surface area contributed by atoms with Crippen LogP contribution in [-0.2, 0) is 0 Å². The molecule has 0 saturated heterocycles. The second kappa shape index (κ2) is 4.17. The highest BCUT2D eigenvalue weighted by Gasteiger charge is 1.98. The Hall–Kier alpha value is -0.765. The van der Waals surface area contributed by atoms with Crippen LogP contribution >= 0.6 is 22.6 Å². The predicted octanol–water partition coefficient (Wildman–Crippen LogP) is 2.75. The molecule has 0 unspecified atom stereocenters.